The Morgan fingerprint density at radius 3 is 3.20 bits per heavy atom. The summed E-state index contributed by atoms with van der Waals surface area (Å²) in [6, 6.07) is 5.61. The van der Waals surface area contributed by atoms with Gasteiger partial charge >= 0.3 is 58.0 Å². The molecule has 0 unspecified atom stereocenters. The van der Waals surface area contributed by atoms with Crippen LogP contribution in [-0.4, -0.2) is 6.91 Å². The van der Waals surface area contributed by atoms with E-state index >= 15 is 0 Å². The first kappa shape index (κ1) is 5.53. The molecule has 2 N–H and O–H groups in total. The van der Waals surface area contributed by atoms with Crippen LogP contribution in [0.4, 0.5) is 5.69 Å². The van der Waals surface area contributed by atoms with Gasteiger partial charge in [0.15, 0.2) is 0 Å². The molecule has 0 aliphatic heterocycles. The van der Waals surface area contributed by atoms with Gasteiger partial charge in [0.25, 0.3) is 0 Å². The molecule has 0 atom stereocenters. The van der Waals surface area contributed by atoms with E-state index in [1.807, 2.05) is 25.1 Å². The van der Waals surface area contributed by atoms with Gasteiger partial charge in [-0.2, -0.15) is 0 Å². The van der Waals surface area contributed by atoms with Gasteiger partial charge in [-0.1, -0.05) is 0 Å². The molecular weight excluding hydrogens is 125 g/mol. The summed E-state index contributed by atoms with van der Waals surface area (Å²) in [5, 5.41) is 1.09. The maximum absolute atomic E-state index is 5.52. The molecule has 1 aromatic heterocycles. The van der Waals surface area contributed by atoms with Gasteiger partial charge in [-0.15, -0.1) is 0 Å². The number of rotatable bonds is 0. The Balaban J connectivity index is 2.86. The Kier molecular flexibility index (Phi) is 1.03. The number of nitrogens with two attached hydrogens (primary N) is 1. The summed E-state index contributed by atoms with van der Waals surface area (Å²) in [7, 11) is 0. The second-order valence-corrected chi connectivity index (χ2v) is 2.22. The predicted molar refractivity (Wildman–Crippen MR) is 42.0 cm³/mol. The Labute approximate surface area is 58.8 Å². The SMILES string of the molecule is Nc1ccc2bcoc2c1. The average Bonchev–Trinajstić information content (AvgIpc) is 2.33. The fraction of sp³-hybridized carbons (Fsp3) is 0. The molecule has 10 heavy (non-hydrogen) atoms. The van der Waals surface area contributed by atoms with E-state index in [1.165, 1.54) is 0 Å². The molecule has 0 amide bonds. The van der Waals surface area contributed by atoms with Crippen molar-refractivity contribution in [3.63, 3.8) is 0 Å². The topological polar surface area (TPSA) is 39.2 Å². The van der Waals surface area contributed by atoms with Crippen LogP contribution in [0.3, 0.4) is 0 Å². The van der Waals surface area contributed by atoms with Gasteiger partial charge in [-0.05, 0) is 0 Å². The van der Waals surface area contributed by atoms with Crippen LogP contribution >= 0.6 is 0 Å². The quantitative estimate of drug-likeness (QED) is 0.548. The van der Waals surface area contributed by atoms with Crippen LogP contribution in [0.15, 0.2) is 28.8 Å². The van der Waals surface area contributed by atoms with Crippen molar-refractivity contribution in [2.45, 2.75) is 0 Å². The Morgan fingerprint density at radius 1 is 1.40 bits per heavy atom. The standard InChI is InChI=1S/C7H6BNO/c9-5-1-2-6-7(3-5)10-4-8-6/h1-4H,9H2. The Hall–Kier alpha value is -1.25. The average molecular weight is 131 g/mol. The van der Waals surface area contributed by atoms with Crippen molar-refractivity contribution in [1.82, 2.24) is 0 Å². The van der Waals surface area contributed by atoms with E-state index in [0.29, 0.717) is 0 Å². The number of nitrogen functional groups attached to an aromatic ring is 1. The summed E-state index contributed by atoms with van der Waals surface area (Å²) < 4.78 is 5.12. The van der Waals surface area contributed by atoms with Crippen LogP contribution in [-0.2, 0) is 0 Å². The molecule has 0 aliphatic carbocycles. The van der Waals surface area contributed by atoms with Gasteiger partial charge in [0.05, 0.1) is 0 Å². The van der Waals surface area contributed by atoms with Crippen LogP contribution in [0.2, 0.25) is 0 Å². The molecule has 1 aromatic carbocycles. The third kappa shape index (κ3) is 0.710. The van der Waals surface area contributed by atoms with Crippen LogP contribution in [0.1, 0.15) is 0 Å². The Bertz CT molecular complexity index is 355. The first-order valence-electron chi connectivity index (χ1n) is 3.09. The summed E-state index contributed by atoms with van der Waals surface area (Å²) in [6.45, 7) is 1.91. The molecule has 0 spiro atoms. The third-order valence-corrected chi connectivity index (χ3v) is 1.48. The van der Waals surface area contributed by atoms with Crippen molar-refractivity contribution in [2.24, 2.45) is 0 Å². The summed E-state index contributed by atoms with van der Waals surface area (Å²) in [5.41, 5.74) is 7.11. The van der Waals surface area contributed by atoms with E-state index in [2.05, 4.69) is 0 Å². The summed E-state index contributed by atoms with van der Waals surface area (Å²) >= 11 is 0. The normalized spacial score (nSPS) is 10.0. The molecule has 1 heterocycles. The van der Waals surface area contributed by atoms with E-state index < -0.39 is 0 Å². The molecule has 48 valence electrons. The van der Waals surface area contributed by atoms with Crippen molar-refractivity contribution in [2.75, 3.05) is 5.73 Å². The Morgan fingerprint density at radius 2 is 2.30 bits per heavy atom. The zero-order valence-corrected chi connectivity index (χ0v) is 5.37. The number of hydrogen-bond acceptors (Lipinski definition) is 2. The minimum absolute atomic E-state index is 0.738. The third-order valence-electron chi connectivity index (χ3n) is 1.48. The molecule has 0 bridgehead atoms. The zero-order chi connectivity index (χ0) is 6.97. The van der Waals surface area contributed by atoms with Crippen molar-refractivity contribution < 1.29 is 4.42 Å². The van der Waals surface area contributed by atoms with E-state index in [1.54, 1.807) is 6.16 Å². The zero-order valence-electron chi connectivity index (χ0n) is 5.37. The second-order valence-electron chi connectivity index (χ2n) is 2.22. The molecule has 2 aromatic rings. The van der Waals surface area contributed by atoms with Crippen molar-refractivity contribution in [3.05, 3.63) is 24.4 Å². The number of benzene rings is 1. The monoisotopic (exact) mass is 131 g/mol. The number of fused-ring (bicyclic) bond motifs is 1. The molecule has 2 rings (SSSR count). The first-order valence-corrected chi connectivity index (χ1v) is 3.09. The maximum atomic E-state index is 5.52. The summed E-state index contributed by atoms with van der Waals surface area (Å²) in [6.07, 6.45) is 1.66. The number of hydrogen-bond donors (Lipinski definition) is 1. The van der Waals surface area contributed by atoms with Gasteiger partial charge in [0, 0.05) is 0 Å². The van der Waals surface area contributed by atoms with Crippen LogP contribution in [0.25, 0.3) is 10.9 Å². The van der Waals surface area contributed by atoms with Gasteiger partial charge in [-0.3, -0.25) is 0 Å². The van der Waals surface area contributed by atoms with Crippen molar-refractivity contribution in [3.8, 4) is 0 Å². The van der Waals surface area contributed by atoms with Gasteiger partial charge in [0.2, 0.25) is 0 Å². The fourth-order valence-electron chi connectivity index (χ4n) is 0.971. The first-order chi connectivity index (χ1) is 4.86. The van der Waals surface area contributed by atoms with Gasteiger partial charge < -0.3 is 0 Å². The molecule has 0 aliphatic rings. The van der Waals surface area contributed by atoms with Gasteiger partial charge in [0.1, 0.15) is 0 Å². The summed E-state index contributed by atoms with van der Waals surface area (Å²) in [4.78, 5) is 0. The molecule has 3 heteroatoms. The predicted octanol–water partition coefficient (Wildman–Crippen LogP) is 1.35. The van der Waals surface area contributed by atoms with E-state index in [0.717, 1.165) is 16.6 Å². The molecule has 0 saturated heterocycles. The van der Waals surface area contributed by atoms with Crippen LogP contribution in [0, 0.1) is 0 Å². The molecule has 0 saturated carbocycles. The van der Waals surface area contributed by atoms with E-state index in [-0.39, 0.29) is 0 Å². The van der Waals surface area contributed by atoms with Crippen LogP contribution in [0.5, 0.6) is 0 Å². The molecular formula is C7H6BNO. The van der Waals surface area contributed by atoms with E-state index in [4.69, 9.17) is 10.2 Å². The molecule has 2 nitrogen and oxygen atoms in total. The summed E-state index contributed by atoms with van der Waals surface area (Å²) in [5.74, 6) is 0. The van der Waals surface area contributed by atoms with Gasteiger partial charge in [-0.25, -0.2) is 0 Å². The minimum atomic E-state index is 0.738. The second kappa shape index (κ2) is 1.87. The molecule has 0 radical (unpaired) electrons. The van der Waals surface area contributed by atoms with E-state index in [9.17, 15) is 0 Å². The van der Waals surface area contributed by atoms with Crippen molar-refractivity contribution >= 4 is 23.5 Å². The van der Waals surface area contributed by atoms with Crippen LogP contribution < -0.4 is 5.73 Å². The van der Waals surface area contributed by atoms with Crippen molar-refractivity contribution in [1.29, 1.82) is 0 Å². The fourth-order valence-corrected chi connectivity index (χ4v) is 0.971. The number of anilines is 1. The molecule has 0 fully saturated rings.